The second-order valence-electron chi connectivity index (χ2n) is 4.74. The molecule has 0 saturated carbocycles. The normalized spacial score (nSPS) is 16.6. The fraction of sp³-hybridized carbons (Fsp3) is 0.429. The second kappa shape index (κ2) is 8.06. The summed E-state index contributed by atoms with van der Waals surface area (Å²) >= 11 is 17.4. The summed E-state index contributed by atoms with van der Waals surface area (Å²) in [6.07, 6.45) is -1.42. The van der Waals surface area contributed by atoms with Crippen molar-refractivity contribution < 1.29 is 19.1 Å². The number of carbonyl (C=O) groups is 2. The maximum atomic E-state index is 12.2. The molecule has 0 aromatic heterocycles. The van der Waals surface area contributed by atoms with Crippen LogP contribution in [-0.4, -0.2) is 53.2 Å². The maximum absolute atomic E-state index is 12.2. The van der Waals surface area contributed by atoms with Gasteiger partial charge in [-0.15, -0.1) is 0 Å². The van der Waals surface area contributed by atoms with Gasteiger partial charge in [0.15, 0.2) is 0 Å². The zero-order valence-electron chi connectivity index (χ0n) is 12.0. The Hall–Kier alpha value is -1.21. The van der Waals surface area contributed by atoms with Gasteiger partial charge in [-0.05, 0) is 12.1 Å². The highest BCUT2D eigenvalue weighted by Crippen LogP contribution is 2.31. The number of halogens is 3. The smallest absolute Gasteiger partial charge is 0.340 e. The van der Waals surface area contributed by atoms with Gasteiger partial charge in [0.25, 0.3) is 0 Å². The predicted molar refractivity (Wildman–Crippen MR) is 86.9 cm³/mol. The lowest BCUT2D eigenvalue weighted by Gasteiger charge is -2.31. The Labute approximate surface area is 148 Å². The van der Waals surface area contributed by atoms with Gasteiger partial charge in [0.1, 0.15) is 0 Å². The van der Waals surface area contributed by atoms with Crippen molar-refractivity contribution in [1.82, 2.24) is 10.2 Å². The van der Waals surface area contributed by atoms with Crippen molar-refractivity contribution in [1.29, 1.82) is 0 Å². The van der Waals surface area contributed by atoms with Crippen LogP contribution in [-0.2, 0) is 9.47 Å². The molecule has 6 nitrogen and oxygen atoms in total. The SMILES string of the molecule is O=C(O[C@@H](NC(=O)N1CCOCC1)C(Cl)(Cl)Cl)c1ccccc1. The molecule has 1 saturated heterocycles. The second-order valence-corrected chi connectivity index (χ2v) is 7.11. The van der Waals surface area contributed by atoms with Gasteiger partial charge in [-0.3, -0.25) is 5.32 Å². The van der Waals surface area contributed by atoms with Crippen molar-refractivity contribution in [3.63, 3.8) is 0 Å². The fourth-order valence-corrected chi connectivity index (χ4v) is 2.19. The number of benzene rings is 1. The minimum absolute atomic E-state index is 0.285. The quantitative estimate of drug-likeness (QED) is 0.496. The molecule has 0 bridgehead atoms. The van der Waals surface area contributed by atoms with Gasteiger partial charge in [-0.2, -0.15) is 0 Å². The highest BCUT2D eigenvalue weighted by molar-refractivity contribution is 6.68. The van der Waals surface area contributed by atoms with Crippen molar-refractivity contribution in [3.8, 4) is 0 Å². The standard InChI is InChI=1S/C14H15Cl3N2O4/c15-14(16,17)12(18-13(21)19-6-8-22-9-7-19)23-11(20)10-4-2-1-3-5-10/h1-5,12H,6-9H2,(H,18,21)/t12-/m1/s1. The number of ether oxygens (including phenoxy) is 2. The molecule has 0 unspecified atom stereocenters. The first-order valence-electron chi connectivity index (χ1n) is 6.84. The molecule has 1 aliphatic rings. The van der Waals surface area contributed by atoms with Crippen molar-refractivity contribution in [2.75, 3.05) is 26.3 Å². The molecule has 2 rings (SSSR count). The van der Waals surface area contributed by atoms with Crippen LogP contribution in [0.3, 0.4) is 0 Å². The number of amides is 2. The third-order valence-corrected chi connectivity index (χ3v) is 3.68. The molecule has 0 radical (unpaired) electrons. The van der Waals surface area contributed by atoms with Crippen LogP contribution in [0.5, 0.6) is 0 Å². The monoisotopic (exact) mass is 380 g/mol. The van der Waals surface area contributed by atoms with E-state index in [1.54, 1.807) is 30.3 Å². The molecule has 9 heteroatoms. The van der Waals surface area contributed by atoms with E-state index in [1.807, 2.05) is 0 Å². The first-order chi connectivity index (χ1) is 10.9. The molecular formula is C14H15Cl3N2O4. The summed E-state index contributed by atoms with van der Waals surface area (Å²) in [5, 5.41) is 2.42. The molecule has 1 N–H and O–H groups in total. The van der Waals surface area contributed by atoms with Gasteiger partial charge in [0.05, 0.1) is 18.8 Å². The number of nitrogens with one attached hydrogen (secondary N) is 1. The van der Waals surface area contributed by atoms with Gasteiger partial charge in [0.2, 0.25) is 10.0 Å². The lowest BCUT2D eigenvalue weighted by Crippen LogP contribution is -2.54. The number of hydrogen-bond donors (Lipinski definition) is 1. The first kappa shape index (κ1) is 18.1. The van der Waals surface area contributed by atoms with E-state index in [0.717, 1.165) is 0 Å². The number of hydrogen-bond acceptors (Lipinski definition) is 4. The zero-order chi connectivity index (χ0) is 16.9. The van der Waals surface area contributed by atoms with Crippen molar-refractivity contribution in [2.45, 2.75) is 10.0 Å². The summed E-state index contributed by atoms with van der Waals surface area (Å²) in [4.78, 5) is 25.7. The summed E-state index contributed by atoms with van der Waals surface area (Å²) in [5.41, 5.74) is 0.285. The molecule has 1 aromatic carbocycles. The predicted octanol–water partition coefficient (Wildman–Crippen LogP) is 2.58. The summed E-state index contributed by atoms with van der Waals surface area (Å²) < 4.78 is 8.29. The van der Waals surface area contributed by atoms with Crippen LogP contribution in [0.15, 0.2) is 30.3 Å². The third-order valence-electron chi connectivity index (χ3n) is 3.08. The molecule has 1 aromatic rings. The summed E-state index contributed by atoms with van der Waals surface area (Å²) in [7, 11) is 0. The Balaban J connectivity index is 2.02. The Morgan fingerprint density at radius 1 is 1.17 bits per heavy atom. The molecule has 1 heterocycles. The minimum atomic E-state index is -2.01. The zero-order valence-corrected chi connectivity index (χ0v) is 14.3. The lowest BCUT2D eigenvalue weighted by molar-refractivity contribution is 0.0196. The number of urea groups is 1. The average Bonchev–Trinajstić information content (AvgIpc) is 2.54. The molecule has 1 fully saturated rings. The van der Waals surface area contributed by atoms with E-state index in [1.165, 1.54) is 4.90 Å². The maximum Gasteiger partial charge on any atom is 0.340 e. The van der Waals surface area contributed by atoms with Crippen molar-refractivity contribution >= 4 is 46.8 Å². The summed E-state index contributed by atoms with van der Waals surface area (Å²) in [6, 6.07) is 7.72. The van der Waals surface area contributed by atoms with Crippen LogP contribution < -0.4 is 5.32 Å². The number of morpholine rings is 1. The molecule has 126 valence electrons. The van der Waals surface area contributed by atoms with Crippen LogP contribution >= 0.6 is 34.8 Å². The Kier molecular flexibility index (Phi) is 6.35. The van der Waals surface area contributed by atoms with E-state index in [9.17, 15) is 9.59 Å². The Morgan fingerprint density at radius 2 is 1.78 bits per heavy atom. The molecule has 2 amide bonds. The van der Waals surface area contributed by atoms with E-state index >= 15 is 0 Å². The van der Waals surface area contributed by atoms with Crippen LogP contribution in [0, 0.1) is 0 Å². The highest BCUT2D eigenvalue weighted by atomic mass is 35.6. The van der Waals surface area contributed by atoms with Gasteiger partial charge >= 0.3 is 12.0 Å². The van der Waals surface area contributed by atoms with Crippen molar-refractivity contribution in [3.05, 3.63) is 35.9 Å². The van der Waals surface area contributed by atoms with Gasteiger partial charge in [-0.25, -0.2) is 9.59 Å². The average molecular weight is 382 g/mol. The minimum Gasteiger partial charge on any atom is -0.433 e. The van der Waals surface area contributed by atoms with E-state index in [0.29, 0.717) is 26.3 Å². The van der Waals surface area contributed by atoms with E-state index in [4.69, 9.17) is 44.3 Å². The van der Waals surface area contributed by atoms with Gasteiger partial charge < -0.3 is 14.4 Å². The Bertz CT molecular complexity index is 545. The Morgan fingerprint density at radius 3 is 2.35 bits per heavy atom. The fourth-order valence-electron chi connectivity index (χ4n) is 1.90. The van der Waals surface area contributed by atoms with E-state index < -0.39 is 22.0 Å². The van der Waals surface area contributed by atoms with Crippen LogP contribution in [0.1, 0.15) is 10.4 Å². The lowest BCUT2D eigenvalue weighted by atomic mass is 10.2. The molecule has 1 aliphatic heterocycles. The number of nitrogens with zero attached hydrogens (tertiary/aromatic N) is 1. The summed E-state index contributed by atoms with van der Waals surface area (Å²) in [5.74, 6) is -0.704. The van der Waals surface area contributed by atoms with Crippen LogP contribution in [0.2, 0.25) is 0 Å². The molecule has 1 atom stereocenters. The van der Waals surface area contributed by atoms with Gasteiger partial charge in [-0.1, -0.05) is 53.0 Å². The number of esters is 1. The number of alkyl halides is 3. The largest absolute Gasteiger partial charge is 0.433 e. The third kappa shape index (κ3) is 5.42. The molecule has 23 heavy (non-hydrogen) atoms. The van der Waals surface area contributed by atoms with Gasteiger partial charge in [0, 0.05) is 13.1 Å². The number of carbonyl (C=O) groups excluding carboxylic acids is 2. The molecule has 0 aliphatic carbocycles. The van der Waals surface area contributed by atoms with Crippen molar-refractivity contribution in [2.24, 2.45) is 0 Å². The van der Waals surface area contributed by atoms with Crippen LogP contribution in [0.25, 0.3) is 0 Å². The van der Waals surface area contributed by atoms with E-state index in [-0.39, 0.29) is 5.56 Å². The summed E-state index contributed by atoms with van der Waals surface area (Å²) in [6.45, 7) is 1.67. The molecular weight excluding hydrogens is 367 g/mol. The molecule has 0 spiro atoms. The first-order valence-corrected chi connectivity index (χ1v) is 7.97. The van der Waals surface area contributed by atoms with Crippen LogP contribution in [0.4, 0.5) is 4.79 Å². The highest BCUT2D eigenvalue weighted by Gasteiger charge is 2.38. The number of rotatable bonds is 3. The topological polar surface area (TPSA) is 67.9 Å². The van der Waals surface area contributed by atoms with E-state index in [2.05, 4.69) is 5.32 Å².